The number of thiophene rings is 2. The molecule has 0 amide bonds. The zero-order valence-corrected chi connectivity index (χ0v) is 18.2. The van der Waals surface area contributed by atoms with Crippen LogP contribution in [0.4, 0.5) is 10.7 Å². The van der Waals surface area contributed by atoms with Gasteiger partial charge in [0.1, 0.15) is 9.88 Å². The summed E-state index contributed by atoms with van der Waals surface area (Å²) in [4.78, 5) is 26.1. The molecule has 2 heterocycles. The number of ether oxygens (including phenoxy) is 2. The van der Waals surface area contributed by atoms with Crippen LogP contribution in [0.3, 0.4) is 0 Å². The molecule has 1 aliphatic carbocycles. The second kappa shape index (κ2) is 9.49. The number of carbonyl (C=O) groups excluding carboxylic acids is 2. The molecule has 0 fully saturated rings. The number of hydrogen-bond acceptors (Lipinski definition) is 7. The highest BCUT2D eigenvalue weighted by atomic mass is 32.1. The number of nitrogens with one attached hydrogen (secondary N) is 2. The van der Waals surface area contributed by atoms with Crippen LogP contribution >= 0.6 is 34.9 Å². The van der Waals surface area contributed by atoms with E-state index in [1.165, 1.54) is 29.7 Å². The van der Waals surface area contributed by atoms with Crippen LogP contribution < -0.4 is 10.6 Å². The number of rotatable bonds is 5. The van der Waals surface area contributed by atoms with E-state index in [0.29, 0.717) is 32.8 Å². The normalized spacial score (nSPS) is 13.2. The second-order valence-electron chi connectivity index (χ2n) is 6.22. The molecule has 2 aromatic heterocycles. The van der Waals surface area contributed by atoms with Crippen LogP contribution in [0.25, 0.3) is 0 Å². The molecule has 2 aromatic rings. The van der Waals surface area contributed by atoms with Crippen molar-refractivity contribution in [2.24, 2.45) is 0 Å². The molecule has 150 valence electrons. The standard InChI is InChI=1S/C19H22N2O4S3/c1-3-25-17(22)14-11-7-5-4-6-8-13(11)28-16(14)21-19(26)20-12-9-10-27-15(12)18(23)24-2/h9-10H,3-8H2,1-2H3,(H2,20,21,26). The van der Waals surface area contributed by atoms with Crippen molar-refractivity contribution in [3.05, 3.63) is 32.3 Å². The fourth-order valence-electron chi connectivity index (χ4n) is 3.17. The molecule has 0 aromatic carbocycles. The highest BCUT2D eigenvalue weighted by Crippen LogP contribution is 2.38. The summed E-state index contributed by atoms with van der Waals surface area (Å²) in [6, 6.07) is 1.76. The molecule has 1 aliphatic rings. The minimum absolute atomic E-state index is 0.311. The van der Waals surface area contributed by atoms with Crippen molar-refractivity contribution in [2.75, 3.05) is 24.4 Å². The number of anilines is 2. The molecular formula is C19H22N2O4S3. The zero-order chi connectivity index (χ0) is 20.1. The molecular weight excluding hydrogens is 416 g/mol. The van der Waals surface area contributed by atoms with Crippen molar-refractivity contribution < 1.29 is 19.1 Å². The molecule has 0 aliphatic heterocycles. The minimum Gasteiger partial charge on any atom is -0.465 e. The summed E-state index contributed by atoms with van der Waals surface area (Å²) in [5.74, 6) is -0.742. The third kappa shape index (κ3) is 4.53. The molecule has 0 radical (unpaired) electrons. The van der Waals surface area contributed by atoms with Gasteiger partial charge in [-0.25, -0.2) is 9.59 Å². The van der Waals surface area contributed by atoms with E-state index >= 15 is 0 Å². The van der Waals surface area contributed by atoms with Crippen LogP contribution in [0.15, 0.2) is 11.4 Å². The largest absolute Gasteiger partial charge is 0.465 e. The SMILES string of the molecule is CCOC(=O)c1c(NC(=S)Nc2ccsc2C(=O)OC)sc2c1CCCCC2. The predicted molar refractivity (Wildman–Crippen MR) is 117 cm³/mol. The Morgan fingerprint density at radius 1 is 1.18 bits per heavy atom. The molecule has 0 spiro atoms. The number of thiocarbonyl (C=S) groups is 1. The summed E-state index contributed by atoms with van der Waals surface area (Å²) >= 11 is 8.26. The van der Waals surface area contributed by atoms with Gasteiger partial charge in [-0.1, -0.05) is 6.42 Å². The Kier molecular flexibility index (Phi) is 7.03. The first-order valence-corrected chi connectivity index (χ1v) is 11.2. The Bertz CT molecular complexity index is 888. The Morgan fingerprint density at radius 2 is 1.96 bits per heavy atom. The summed E-state index contributed by atoms with van der Waals surface area (Å²) in [6.07, 6.45) is 5.19. The van der Waals surface area contributed by atoms with Crippen LogP contribution in [-0.4, -0.2) is 30.8 Å². The van der Waals surface area contributed by atoms with Gasteiger partial charge in [-0.2, -0.15) is 0 Å². The van der Waals surface area contributed by atoms with E-state index in [4.69, 9.17) is 21.7 Å². The van der Waals surface area contributed by atoms with Crippen LogP contribution in [0, 0.1) is 0 Å². The highest BCUT2D eigenvalue weighted by Gasteiger charge is 2.26. The van der Waals surface area contributed by atoms with Gasteiger partial charge in [-0.05, 0) is 61.8 Å². The molecule has 3 rings (SSSR count). The molecule has 28 heavy (non-hydrogen) atoms. The maximum Gasteiger partial charge on any atom is 0.350 e. The first-order valence-electron chi connectivity index (χ1n) is 9.10. The van der Waals surface area contributed by atoms with Gasteiger partial charge in [0.2, 0.25) is 0 Å². The van der Waals surface area contributed by atoms with Gasteiger partial charge in [-0.15, -0.1) is 22.7 Å². The minimum atomic E-state index is -0.421. The van der Waals surface area contributed by atoms with Gasteiger partial charge >= 0.3 is 11.9 Å². The molecule has 0 saturated carbocycles. The van der Waals surface area contributed by atoms with Crippen molar-refractivity contribution in [2.45, 2.75) is 39.0 Å². The van der Waals surface area contributed by atoms with Gasteiger partial charge in [0, 0.05) is 4.88 Å². The van der Waals surface area contributed by atoms with Crippen molar-refractivity contribution >= 4 is 62.6 Å². The fourth-order valence-corrected chi connectivity index (χ4v) is 5.49. The van der Waals surface area contributed by atoms with Crippen molar-refractivity contribution in [1.82, 2.24) is 0 Å². The lowest BCUT2D eigenvalue weighted by molar-refractivity contribution is 0.0525. The molecule has 0 unspecified atom stereocenters. The summed E-state index contributed by atoms with van der Waals surface area (Å²) in [5.41, 5.74) is 2.24. The predicted octanol–water partition coefficient (Wildman–Crippen LogP) is 4.85. The first kappa shape index (κ1) is 20.8. The van der Waals surface area contributed by atoms with E-state index in [2.05, 4.69) is 10.6 Å². The van der Waals surface area contributed by atoms with E-state index in [0.717, 1.165) is 31.2 Å². The van der Waals surface area contributed by atoms with Crippen molar-refractivity contribution in [1.29, 1.82) is 0 Å². The third-order valence-electron chi connectivity index (χ3n) is 4.41. The van der Waals surface area contributed by atoms with Crippen LogP contribution in [0.1, 0.15) is 56.7 Å². The Morgan fingerprint density at radius 3 is 2.71 bits per heavy atom. The second-order valence-corrected chi connectivity index (χ2v) is 8.65. The number of carbonyl (C=O) groups is 2. The summed E-state index contributed by atoms with van der Waals surface area (Å²) in [6.45, 7) is 2.12. The smallest absolute Gasteiger partial charge is 0.350 e. The van der Waals surface area contributed by atoms with E-state index < -0.39 is 5.97 Å². The molecule has 6 nitrogen and oxygen atoms in total. The molecule has 0 bridgehead atoms. The molecule has 2 N–H and O–H groups in total. The lowest BCUT2D eigenvalue weighted by atomic mass is 10.1. The third-order valence-corrected chi connectivity index (χ3v) is 6.72. The molecule has 0 atom stereocenters. The summed E-state index contributed by atoms with van der Waals surface area (Å²) in [7, 11) is 1.34. The van der Waals surface area contributed by atoms with Gasteiger partial charge < -0.3 is 20.1 Å². The summed E-state index contributed by atoms with van der Waals surface area (Å²) < 4.78 is 10.1. The van der Waals surface area contributed by atoms with Crippen LogP contribution in [0.5, 0.6) is 0 Å². The van der Waals surface area contributed by atoms with Gasteiger partial charge in [-0.3, -0.25) is 0 Å². The number of esters is 2. The first-order chi connectivity index (χ1) is 13.5. The summed E-state index contributed by atoms with van der Waals surface area (Å²) in [5, 5.41) is 8.96. The highest BCUT2D eigenvalue weighted by molar-refractivity contribution is 7.80. The Hall–Kier alpha value is -1.97. The Labute approximate surface area is 177 Å². The average molecular weight is 439 g/mol. The fraction of sp³-hybridized carbons (Fsp3) is 0.421. The van der Waals surface area contributed by atoms with Crippen LogP contribution in [-0.2, 0) is 22.3 Å². The van der Waals surface area contributed by atoms with Crippen LogP contribution in [0.2, 0.25) is 0 Å². The van der Waals surface area contributed by atoms with E-state index in [1.807, 2.05) is 0 Å². The van der Waals surface area contributed by atoms with E-state index in [9.17, 15) is 9.59 Å². The van der Waals surface area contributed by atoms with Gasteiger partial charge in [0.25, 0.3) is 0 Å². The molecule has 9 heteroatoms. The number of fused-ring (bicyclic) bond motifs is 1. The van der Waals surface area contributed by atoms with E-state index in [-0.39, 0.29) is 5.97 Å². The number of hydrogen-bond donors (Lipinski definition) is 2. The average Bonchev–Trinajstić information content (AvgIpc) is 3.18. The quantitative estimate of drug-likeness (QED) is 0.392. The van der Waals surface area contributed by atoms with Gasteiger partial charge in [0.05, 0.1) is 25.0 Å². The van der Waals surface area contributed by atoms with Gasteiger partial charge in [0.15, 0.2) is 5.11 Å². The maximum atomic E-state index is 12.6. The number of aryl methyl sites for hydroxylation is 1. The zero-order valence-electron chi connectivity index (χ0n) is 15.8. The van der Waals surface area contributed by atoms with E-state index in [1.54, 1.807) is 29.7 Å². The monoisotopic (exact) mass is 438 g/mol. The lowest BCUT2D eigenvalue weighted by Gasteiger charge is -2.11. The molecule has 0 saturated heterocycles. The van der Waals surface area contributed by atoms with Crippen molar-refractivity contribution in [3.63, 3.8) is 0 Å². The Balaban J connectivity index is 1.83. The topological polar surface area (TPSA) is 76.7 Å². The van der Waals surface area contributed by atoms with Crippen molar-refractivity contribution in [3.8, 4) is 0 Å². The lowest BCUT2D eigenvalue weighted by Crippen LogP contribution is -2.21. The maximum absolute atomic E-state index is 12.6. The number of methoxy groups -OCH3 is 1.